The number of ether oxygens (including phenoxy) is 1. The predicted molar refractivity (Wildman–Crippen MR) is 118 cm³/mol. The van der Waals surface area contributed by atoms with Gasteiger partial charge in [0, 0.05) is 28.7 Å². The highest BCUT2D eigenvalue weighted by atomic mass is 32.2. The van der Waals surface area contributed by atoms with Crippen LogP contribution in [0.5, 0.6) is 0 Å². The molecular formula is C21H26FN3O7S. The number of β-lactam (4-membered cyclic amide) rings is 1. The number of nitrogen functional groups attached to an aromatic ring is 1. The summed E-state index contributed by atoms with van der Waals surface area (Å²) >= 11 is 1.34. The lowest BCUT2D eigenvalue weighted by Crippen LogP contribution is -2.63. The highest BCUT2D eigenvalue weighted by Gasteiger charge is 2.60. The van der Waals surface area contributed by atoms with Crippen molar-refractivity contribution in [1.29, 1.82) is 0 Å². The smallest absolute Gasteiger partial charge is 0.353 e. The molecule has 12 heteroatoms. The van der Waals surface area contributed by atoms with Crippen LogP contribution in [-0.4, -0.2) is 70.3 Å². The van der Waals surface area contributed by atoms with Gasteiger partial charge in [-0.05, 0) is 13.3 Å². The number of carboxylic acid groups (broad SMARTS) is 1. The summed E-state index contributed by atoms with van der Waals surface area (Å²) in [6.07, 6.45) is -1.32. The third-order valence-corrected chi connectivity index (χ3v) is 8.25. The number of hydrogen-bond donors (Lipinski definition) is 4. The van der Waals surface area contributed by atoms with Crippen LogP contribution in [-0.2, 0) is 14.3 Å². The van der Waals surface area contributed by atoms with Crippen LogP contribution in [0.15, 0.2) is 20.2 Å². The number of nitrogens with two attached hydrogens (primary N) is 1. The van der Waals surface area contributed by atoms with Crippen LogP contribution in [0, 0.1) is 11.8 Å². The number of halogens is 1. The number of hydrogen-bond acceptors (Lipinski definition) is 9. The van der Waals surface area contributed by atoms with Crippen LogP contribution >= 0.6 is 11.8 Å². The van der Waals surface area contributed by atoms with E-state index in [4.69, 9.17) is 10.5 Å². The number of nitrogens with one attached hydrogen (secondary N) is 1. The first-order valence-electron chi connectivity index (χ1n) is 10.7. The number of carboxylic acids is 1. The minimum absolute atomic E-state index is 0.0470. The van der Waals surface area contributed by atoms with E-state index in [-0.39, 0.29) is 34.7 Å². The lowest BCUT2D eigenvalue weighted by molar-refractivity contribution is -0.163. The Morgan fingerprint density at radius 2 is 2.06 bits per heavy atom. The van der Waals surface area contributed by atoms with Crippen LogP contribution < -0.4 is 21.9 Å². The number of carbonyl (C=O) groups is 2. The van der Waals surface area contributed by atoms with Crippen molar-refractivity contribution in [2.24, 2.45) is 11.8 Å². The highest BCUT2D eigenvalue weighted by Crippen LogP contribution is 2.52. The van der Waals surface area contributed by atoms with E-state index in [1.807, 2.05) is 6.92 Å². The molecule has 5 N–H and O–H groups in total. The fourth-order valence-electron chi connectivity index (χ4n) is 5.19. The number of thioether (sulfide) groups is 1. The average molecular weight is 484 g/mol. The van der Waals surface area contributed by atoms with Gasteiger partial charge < -0.3 is 30.9 Å². The molecular weight excluding hydrogens is 457 g/mol. The Bertz CT molecular complexity index is 1080. The second kappa shape index (κ2) is 8.82. The van der Waals surface area contributed by atoms with Gasteiger partial charge in [0.15, 0.2) is 0 Å². The van der Waals surface area contributed by atoms with E-state index in [9.17, 15) is 33.8 Å². The Morgan fingerprint density at radius 3 is 2.64 bits per heavy atom. The fourth-order valence-corrected chi connectivity index (χ4v) is 6.69. The van der Waals surface area contributed by atoms with Crippen LogP contribution in [0.4, 0.5) is 10.1 Å². The monoisotopic (exact) mass is 483 g/mol. The molecule has 1 aromatic rings. The van der Waals surface area contributed by atoms with Crippen molar-refractivity contribution in [3.05, 3.63) is 36.6 Å². The molecule has 2 fully saturated rings. The van der Waals surface area contributed by atoms with E-state index in [2.05, 4.69) is 5.32 Å². The fraction of sp³-hybridized carbons (Fsp3) is 0.619. The van der Waals surface area contributed by atoms with Crippen LogP contribution in [0.3, 0.4) is 0 Å². The quantitative estimate of drug-likeness (QED) is 0.267. The molecule has 3 aliphatic heterocycles. The van der Waals surface area contributed by atoms with E-state index in [1.54, 1.807) is 0 Å². The molecule has 3 aliphatic rings. The Kier molecular flexibility index (Phi) is 6.38. The van der Waals surface area contributed by atoms with E-state index in [0.717, 1.165) is 0 Å². The van der Waals surface area contributed by atoms with Crippen molar-refractivity contribution >= 4 is 29.3 Å². The molecule has 4 rings (SSSR count). The van der Waals surface area contributed by atoms with Gasteiger partial charge in [-0.25, -0.2) is 9.18 Å². The molecule has 0 aliphatic carbocycles. The van der Waals surface area contributed by atoms with Crippen LogP contribution in [0.25, 0.3) is 0 Å². The van der Waals surface area contributed by atoms with Gasteiger partial charge in [-0.3, -0.25) is 14.4 Å². The van der Waals surface area contributed by atoms with Gasteiger partial charge in [-0.15, -0.1) is 11.8 Å². The van der Waals surface area contributed by atoms with Crippen molar-refractivity contribution in [2.75, 3.05) is 25.6 Å². The summed E-state index contributed by atoms with van der Waals surface area (Å²) in [5.74, 6) is -2.50. The number of fused-ring (bicyclic) bond motifs is 1. The Labute approximate surface area is 192 Å². The average Bonchev–Trinajstić information content (AvgIpc) is 3.32. The molecule has 1 aromatic carbocycles. The summed E-state index contributed by atoms with van der Waals surface area (Å²) in [7, 11) is 0. The third kappa shape index (κ3) is 3.69. The predicted octanol–water partition coefficient (Wildman–Crippen LogP) is -0.491. The molecule has 7 atom stereocenters. The lowest BCUT2D eigenvalue weighted by atomic mass is 9.79. The van der Waals surface area contributed by atoms with Crippen molar-refractivity contribution in [3.8, 4) is 0 Å². The first kappa shape index (κ1) is 23.9. The summed E-state index contributed by atoms with van der Waals surface area (Å²) in [5.41, 5.74) is 4.00. The molecule has 3 heterocycles. The summed E-state index contributed by atoms with van der Waals surface area (Å²) in [4.78, 5) is 49.9. The van der Waals surface area contributed by atoms with Gasteiger partial charge in [0.2, 0.25) is 16.8 Å². The first-order valence-corrected chi connectivity index (χ1v) is 11.6. The first-order chi connectivity index (χ1) is 15.6. The van der Waals surface area contributed by atoms with E-state index in [0.29, 0.717) is 17.9 Å². The van der Waals surface area contributed by atoms with Gasteiger partial charge in [-0.1, -0.05) is 6.92 Å². The molecule has 2 saturated heterocycles. The van der Waals surface area contributed by atoms with Crippen molar-refractivity contribution in [1.82, 2.24) is 10.2 Å². The largest absolute Gasteiger partial charge is 0.477 e. The molecule has 10 nitrogen and oxygen atoms in total. The topological polar surface area (TPSA) is 159 Å². The maximum Gasteiger partial charge on any atom is 0.353 e. The van der Waals surface area contributed by atoms with Crippen LogP contribution in [0.2, 0.25) is 0 Å². The summed E-state index contributed by atoms with van der Waals surface area (Å²) in [6, 6.07) is -0.824. The highest BCUT2D eigenvalue weighted by molar-refractivity contribution is 8.03. The molecule has 180 valence electrons. The number of aliphatic carboxylic acids is 1. The number of nitrogens with zero attached hydrogens (tertiary/aromatic N) is 1. The van der Waals surface area contributed by atoms with E-state index >= 15 is 0 Å². The zero-order chi connectivity index (χ0) is 24.2. The molecule has 0 aromatic heterocycles. The second-order valence-corrected chi connectivity index (χ2v) is 10.1. The van der Waals surface area contributed by atoms with E-state index < -0.39 is 59.6 Å². The molecule has 33 heavy (non-hydrogen) atoms. The zero-order valence-corrected chi connectivity index (χ0v) is 18.9. The number of anilines is 1. The Hall–Kier alpha value is -2.28. The summed E-state index contributed by atoms with van der Waals surface area (Å²) in [6.45, 7) is 2.79. The van der Waals surface area contributed by atoms with Crippen molar-refractivity contribution in [3.63, 3.8) is 0 Å². The van der Waals surface area contributed by atoms with Gasteiger partial charge in [0.1, 0.15) is 18.5 Å². The van der Waals surface area contributed by atoms with Crippen molar-refractivity contribution < 1.29 is 28.9 Å². The number of amides is 1. The zero-order valence-electron chi connectivity index (χ0n) is 18.1. The summed E-state index contributed by atoms with van der Waals surface area (Å²) in [5, 5.41) is 22.9. The number of rotatable bonds is 9. The number of aliphatic hydroxyl groups excluding tert-OH is 1. The van der Waals surface area contributed by atoms with Crippen molar-refractivity contribution in [2.45, 2.75) is 49.8 Å². The number of carbonyl (C=O) groups excluding carboxylic acids is 1. The molecule has 0 bridgehead atoms. The molecule has 1 amide bonds. The van der Waals surface area contributed by atoms with Gasteiger partial charge in [0.05, 0.1) is 35.9 Å². The van der Waals surface area contributed by atoms with Gasteiger partial charge in [0.25, 0.3) is 0 Å². The lowest BCUT2D eigenvalue weighted by Gasteiger charge is -2.46. The summed E-state index contributed by atoms with van der Waals surface area (Å²) < 4.78 is 18.3. The maximum atomic E-state index is 12.7. The van der Waals surface area contributed by atoms with Gasteiger partial charge >= 0.3 is 5.97 Å². The molecule has 0 radical (unpaired) electrons. The standard InChI is InChI=1S/C21H26FN3O7S/c1-7-14-11(8(2)26)20(29)25(14)15(21(30)31)19(7)33-9-5-10(24-6-9)18(32-4-3-22)12-13(23)17(28)16(12)27/h7-11,14,18,24,26H,3-6,23H2,1-2H3,(H,30,31)/t7-,8-,9+,10+,11-,14-,18?/m1/s1. The minimum Gasteiger partial charge on any atom is -0.477 e. The molecule has 0 spiro atoms. The Morgan fingerprint density at radius 1 is 1.36 bits per heavy atom. The normalized spacial score (nSPS) is 31.1. The van der Waals surface area contributed by atoms with Gasteiger partial charge in [-0.2, -0.15) is 0 Å². The van der Waals surface area contributed by atoms with E-state index in [1.165, 1.54) is 23.6 Å². The molecule has 0 saturated carbocycles. The minimum atomic E-state index is -1.20. The third-order valence-electron chi connectivity index (χ3n) is 6.74. The SMILES string of the molecule is C[C@@H](O)[C@H]1C(=O)N2C(C(=O)O)=C(S[C@@H]3CN[C@H](C(OCCF)c4c(N)c(=O)c4=O)C3)[C@H](C)[C@H]12. The number of aliphatic hydroxyl groups is 1. The second-order valence-electron chi connectivity index (χ2n) is 8.73. The van der Waals surface area contributed by atoms with Crippen LogP contribution in [0.1, 0.15) is 31.9 Å². The Balaban J connectivity index is 1.53. The molecule has 1 unspecified atom stereocenters. The number of alkyl halides is 1. The maximum absolute atomic E-state index is 12.7.